The highest BCUT2D eigenvalue weighted by Crippen LogP contribution is 2.32. The Kier molecular flexibility index (Phi) is 6.57. The number of carbonyl (C=O) groups excluding carboxylic acids is 1. The minimum absolute atomic E-state index is 0.0535. The van der Waals surface area contributed by atoms with Gasteiger partial charge in [0.2, 0.25) is 0 Å². The Bertz CT molecular complexity index is 843. The molecule has 156 valence electrons. The molecule has 1 saturated heterocycles. The lowest BCUT2D eigenvalue weighted by molar-refractivity contribution is -0.141. The van der Waals surface area contributed by atoms with Gasteiger partial charge in [0.1, 0.15) is 17.3 Å². The molecule has 1 aromatic carbocycles. The number of ketones is 1. The molecule has 0 aliphatic carbocycles. The number of anilines is 1. The van der Waals surface area contributed by atoms with Crippen molar-refractivity contribution in [3.05, 3.63) is 58.8 Å². The average Bonchev–Trinajstić information content (AvgIpc) is 3.25. The van der Waals surface area contributed by atoms with Crippen molar-refractivity contribution < 1.29 is 18.0 Å². The van der Waals surface area contributed by atoms with Gasteiger partial charge in [-0.25, -0.2) is 4.98 Å². The number of hydrogen-bond acceptors (Lipinski definition) is 4. The summed E-state index contributed by atoms with van der Waals surface area (Å²) in [5, 5.41) is 0. The normalized spacial score (nSPS) is 15.6. The number of benzene rings is 1. The van der Waals surface area contributed by atoms with E-state index in [0.29, 0.717) is 37.4 Å². The number of nitrogens with zero attached hydrogens (tertiary/aromatic N) is 2. The Morgan fingerprint density at radius 1 is 1.14 bits per heavy atom. The topological polar surface area (TPSA) is 59.2 Å². The number of nitrogens with two attached hydrogens (primary N) is 1. The fourth-order valence-corrected chi connectivity index (χ4v) is 3.64. The molecule has 2 aromatic rings. The first-order chi connectivity index (χ1) is 13.8. The van der Waals surface area contributed by atoms with Gasteiger partial charge < -0.3 is 10.6 Å². The number of rotatable bonds is 7. The number of hydrogen-bond donors (Lipinski definition) is 1. The van der Waals surface area contributed by atoms with Crippen LogP contribution in [0.5, 0.6) is 0 Å². The van der Waals surface area contributed by atoms with E-state index in [1.54, 1.807) is 0 Å². The zero-order valence-electron chi connectivity index (χ0n) is 16.5. The molecule has 1 aliphatic heterocycles. The van der Waals surface area contributed by atoms with Crippen molar-refractivity contribution in [1.82, 2.24) is 4.98 Å². The summed E-state index contributed by atoms with van der Waals surface area (Å²) in [6.45, 7) is 3.69. The molecule has 0 radical (unpaired) electrons. The van der Waals surface area contributed by atoms with Crippen molar-refractivity contribution in [1.29, 1.82) is 0 Å². The summed E-state index contributed by atoms with van der Waals surface area (Å²) in [6, 6.07) is 10.1. The molecular weight excluding hydrogens is 379 g/mol. The maximum atomic E-state index is 13.1. The fraction of sp³-hybridized carbons (Fsp3) is 0.455. The highest BCUT2D eigenvalue weighted by atomic mass is 19.4. The van der Waals surface area contributed by atoms with Crippen molar-refractivity contribution in [3.8, 4) is 0 Å². The van der Waals surface area contributed by atoms with Gasteiger partial charge in [-0.15, -0.1) is 0 Å². The average molecular weight is 405 g/mol. The van der Waals surface area contributed by atoms with Gasteiger partial charge in [-0.05, 0) is 42.0 Å². The van der Waals surface area contributed by atoms with Crippen LogP contribution in [-0.2, 0) is 23.9 Å². The third-order valence-corrected chi connectivity index (χ3v) is 5.49. The summed E-state index contributed by atoms with van der Waals surface area (Å²) in [4.78, 5) is 18.5. The van der Waals surface area contributed by atoms with E-state index in [-0.39, 0.29) is 18.1 Å². The van der Waals surface area contributed by atoms with Gasteiger partial charge in [0.25, 0.3) is 0 Å². The molecule has 1 atom stereocenters. The zero-order valence-corrected chi connectivity index (χ0v) is 16.5. The minimum Gasteiger partial charge on any atom is -0.356 e. The van der Waals surface area contributed by atoms with E-state index in [4.69, 9.17) is 5.73 Å². The first kappa shape index (κ1) is 21.3. The zero-order chi connectivity index (χ0) is 21.0. The highest BCUT2D eigenvalue weighted by molar-refractivity contribution is 5.85. The van der Waals surface area contributed by atoms with Gasteiger partial charge in [-0.2, -0.15) is 13.2 Å². The van der Waals surface area contributed by atoms with Crippen molar-refractivity contribution in [2.24, 2.45) is 5.73 Å². The van der Waals surface area contributed by atoms with Gasteiger partial charge in [-0.1, -0.05) is 37.3 Å². The molecule has 4 nitrogen and oxygen atoms in total. The van der Waals surface area contributed by atoms with Crippen molar-refractivity contribution in [3.63, 3.8) is 0 Å². The van der Waals surface area contributed by atoms with Crippen molar-refractivity contribution in [2.75, 3.05) is 18.0 Å². The number of alkyl halides is 3. The summed E-state index contributed by atoms with van der Waals surface area (Å²) in [5.74, 6) is 0.141. The summed E-state index contributed by atoms with van der Waals surface area (Å²) < 4.78 is 39.3. The maximum absolute atomic E-state index is 13.1. The summed E-state index contributed by atoms with van der Waals surface area (Å²) >= 11 is 0. The number of aromatic nitrogens is 1. The Morgan fingerprint density at radius 2 is 1.79 bits per heavy atom. The highest BCUT2D eigenvalue weighted by Gasteiger charge is 2.34. The monoisotopic (exact) mass is 405 g/mol. The largest absolute Gasteiger partial charge is 0.433 e. The molecule has 3 rings (SSSR count). The lowest BCUT2D eigenvalue weighted by Gasteiger charge is -2.22. The lowest BCUT2D eigenvalue weighted by atomic mass is 9.92. The van der Waals surface area contributed by atoms with Crippen LogP contribution in [0.1, 0.15) is 54.5 Å². The van der Waals surface area contributed by atoms with E-state index < -0.39 is 11.9 Å². The first-order valence-electron chi connectivity index (χ1n) is 9.93. The summed E-state index contributed by atoms with van der Waals surface area (Å²) in [7, 11) is 0. The van der Waals surface area contributed by atoms with Crippen LogP contribution in [0.2, 0.25) is 0 Å². The molecule has 0 spiro atoms. The third kappa shape index (κ3) is 5.15. The van der Waals surface area contributed by atoms with Gasteiger partial charge >= 0.3 is 6.18 Å². The lowest BCUT2D eigenvalue weighted by Crippen LogP contribution is -2.23. The Morgan fingerprint density at radius 3 is 2.38 bits per heavy atom. The van der Waals surface area contributed by atoms with Gasteiger partial charge in [0.05, 0.1) is 0 Å². The third-order valence-electron chi connectivity index (χ3n) is 5.49. The molecule has 1 aromatic heterocycles. The number of Topliss-reactive ketones (excluding diaryl/α,β-unsaturated/α-hetero) is 1. The molecule has 0 amide bonds. The van der Waals surface area contributed by atoms with E-state index in [2.05, 4.69) is 4.98 Å². The number of pyridine rings is 1. The van der Waals surface area contributed by atoms with E-state index in [1.165, 1.54) is 6.07 Å². The second kappa shape index (κ2) is 8.95. The van der Waals surface area contributed by atoms with Gasteiger partial charge in [-0.3, -0.25) is 4.79 Å². The van der Waals surface area contributed by atoms with Crippen LogP contribution >= 0.6 is 0 Å². The summed E-state index contributed by atoms with van der Waals surface area (Å²) in [6.07, 6.45) is -1.97. The number of carbonyl (C=O) groups is 1. The van der Waals surface area contributed by atoms with Gasteiger partial charge in [0, 0.05) is 32.0 Å². The van der Waals surface area contributed by atoms with E-state index in [9.17, 15) is 18.0 Å². The molecular formula is C22H26F3N3O. The predicted octanol–water partition coefficient (Wildman–Crippen LogP) is 4.46. The maximum Gasteiger partial charge on any atom is 0.433 e. The SMILES string of the molecule is CC(C(=O)CCc1ccc(C(F)(F)F)nc1N1CCCC1)c1ccc(CN)cc1. The van der Waals surface area contributed by atoms with Crippen LogP contribution in [0.3, 0.4) is 0 Å². The fourth-order valence-electron chi connectivity index (χ4n) is 3.64. The summed E-state index contributed by atoms with van der Waals surface area (Å²) in [5.41, 5.74) is 7.33. The van der Waals surface area contributed by atoms with Crippen molar-refractivity contribution in [2.45, 2.75) is 51.2 Å². The van der Waals surface area contributed by atoms with E-state index >= 15 is 0 Å². The molecule has 29 heavy (non-hydrogen) atoms. The molecule has 0 bridgehead atoms. The van der Waals surface area contributed by atoms with Crippen LogP contribution in [0.15, 0.2) is 36.4 Å². The number of aryl methyl sites for hydroxylation is 1. The quantitative estimate of drug-likeness (QED) is 0.739. The van der Waals surface area contributed by atoms with Crippen LogP contribution in [0, 0.1) is 0 Å². The van der Waals surface area contributed by atoms with Crippen LogP contribution in [-0.4, -0.2) is 23.9 Å². The van der Waals surface area contributed by atoms with Crippen LogP contribution in [0.25, 0.3) is 0 Å². The number of halogens is 3. The Hall–Kier alpha value is -2.41. The van der Waals surface area contributed by atoms with Crippen LogP contribution in [0.4, 0.5) is 19.0 Å². The molecule has 1 unspecified atom stereocenters. The van der Waals surface area contributed by atoms with E-state index in [1.807, 2.05) is 36.1 Å². The predicted molar refractivity (Wildman–Crippen MR) is 107 cm³/mol. The van der Waals surface area contributed by atoms with Gasteiger partial charge in [0.15, 0.2) is 0 Å². The first-order valence-corrected chi connectivity index (χ1v) is 9.93. The molecule has 7 heteroatoms. The Balaban J connectivity index is 1.73. The van der Waals surface area contributed by atoms with Crippen molar-refractivity contribution >= 4 is 11.6 Å². The Labute approximate surface area is 168 Å². The van der Waals surface area contributed by atoms with E-state index in [0.717, 1.165) is 30.0 Å². The van der Waals surface area contributed by atoms with Crippen LogP contribution < -0.4 is 10.6 Å². The second-order valence-corrected chi connectivity index (χ2v) is 7.50. The molecule has 2 heterocycles. The standard InChI is InChI=1S/C22H26F3N3O/c1-15(17-6-4-16(14-26)5-7-17)19(29)10-8-18-9-11-20(22(23,24)25)27-21(18)28-12-2-3-13-28/h4-7,9,11,15H,2-3,8,10,12-14,26H2,1H3. The molecule has 2 N–H and O–H groups in total. The molecule has 1 aliphatic rings. The molecule has 1 fully saturated rings. The smallest absolute Gasteiger partial charge is 0.356 e. The molecule has 0 saturated carbocycles. The minimum atomic E-state index is -4.48. The second-order valence-electron chi connectivity index (χ2n) is 7.50.